The third-order valence-corrected chi connectivity index (χ3v) is 6.32. The van der Waals surface area contributed by atoms with Crippen molar-refractivity contribution in [3.05, 3.63) is 71.8 Å². The SMILES string of the molecule is CNC(=O)C(N(CCCCCc1ccccc1)C(=O)[C@@H](CC(=O)NOCc1ccccc1)OC)C(C)(C)C. The number of amides is 3. The fourth-order valence-electron chi connectivity index (χ4n) is 4.38. The van der Waals surface area contributed by atoms with Crippen molar-refractivity contribution in [3.8, 4) is 0 Å². The number of hydrogen-bond acceptors (Lipinski definition) is 5. The lowest BCUT2D eigenvalue weighted by molar-refractivity contribution is -0.155. The molecule has 0 aliphatic heterocycles. The van der Waals surface area contributed by atoms with Crippen LogP contribution in [0.4, 0.5) is 0 Å². The van der Waals surface area contributed by atoms with E-state index in [1.807, 2.05) is 69.3 Å². The van der Waals surface area contributed by atoms with E-state index in [0.717, 1.165) is 31.2 Å². The van der Waals surface area contributed by atoms with Gasteiger partial charge in [-0.3, -0.25) is 19.2 Å². The molecule has 38 heavy (non-hydrogen) atoms. The normalized spacial score (nSPS) is 12.9. The fraction of sp³-hybridized carbons (Fsp3) is 0.500. The van der Waals surface area contributed by atoms with Crippen molar-refractivity contribution < 1.29 is 24.0 Å². The molecule has 8 heteroatoms. The molecular weight excluding hydrogens is 482 g/mol. The molecule has 0 aromatic heterocycles. The van der Waals surface area contributed by atoms with Crippen molar-refractivity contribution in [2.24, 2.45) is 5.41 Å². The predicted molar refractivity (Wildman–Crippen MR) is 148 cm³/mol. The molecule has 1 unspecified atom stereocenters. The van der Waals surface area contributed by atoms with Crippen LogP contribution < -0.4 is 10.8 Å². The zero-order valence-electron chi connectivity index (χ0n) is 23.4. The van der Waals surface area contributed by atoms with E-state index in [1.165, 1.54) is 12.7 Å². The van der Waals surface area contributed by atoms with Crippen molar-refractivity contribution in [1.29, 1.82) is 0 Å². The highest BCUT2D eigenvalue weighted by Crippen LogP contribution is 2.27. The lowest BCUT2D eigenvalue weighted by Gasteiger charge is -2.40. The highest BCUT2D eigenvalue weighted by molar-refractivity contribution is 5.92. The lowest BCUT2D eigenvalue weighted by Crippen LogP contribution is -2.58. The van der Waals surface area contributed by atoms with Crippen LogP contribution in [0.2, 0.25) is 0 Å². The number of unbranched alkanes of at least 4 members (excludes halogenated alkanes) is 2. The zero-order valence-corrected chi connectivity index (χ0v) is 23.4. The Hall–Kier alpha value is -3.23. The van der Waals surface area contributed by atoms with Crippen LogP contribution in [0.5, 0.6) is 0 Å². The number of rotatable bonds is 15. The third-order valence-electron chi connectivity index (χ3n) is 6.32. The van der Waals surface area contributed by atoms with Crippen molar-refractivity contribution in [2.75, 3.05) is 20.7 Å². The number of hydrogen-bond donors (Lipinski definition) is 2. The van der Waals surface area contributed by atoms with Gasteiger partial charge in [0.15, 0.2) is 0 Å². The molecule has 2 N–H and O–H groups in total. The Morgan fingerprint density at radius 3 is 2.05 bits per heavy atom. The second-order valence-electron chi connectivity index (χ2n) is 10.4. The lowest BCUT2D eigenvalue weighted by atomic mass is 9.84. The Balaban J connectivity index is 2.04. The monoisotopic (exact) mass is 525 g/mol. The summed E-state index contributed by atoms with van der Waals surface area (Å²) in [6.45, 7) is 6.36. The summed E-state index contributed by atoms with van der Waals surface area (Å²) in [6.07, 6.45) is 2.28. The minimum atomic E-state index is -1.05. The molecule has 0 aliphatic rings. The van der Waals surface area contributed by atoms with Crippen LogP contribution in [0.25, 0.3) is 0 Å². The van der Waals surface area contributed by atoms with Crippen LogP contribution in [0.15, 0.2) is 60.7 Å². The summed E-state index contributed by atoms with van der Waals surface area (Å²) in [5.74, 6) is -1.12. The van der Waals surface area contributed by atoms with Gasteiger partial charge >= 0.3 is 0 Å². The second-order valence-corrected chi connectivity index (χ2v) is 10.4. The Kier molecular flexibility index (Phi) is 13.0. The minimum Gasteiger partial charge on any atom is -0.371 e. The number of aryl methyl sites for hydroxylation is 1. The van der Waals surface area contributed by atoms with E-state index in [2.05, 4.69) is 22.9 Å². The number of nitrogens with one attached hydrogen (secondary N) is 2. The van der Waals surface area contributed by atoms with Crippen molar-refractivity contribution in [3.63, 3.8) is 0 Å². The molecule has 2 aromatic rings. The molecule has 0 spiro atoms. The molecule has 208 valence electrons. The van der Waals surface area contributed by atoms with Crippen molar-refractivity contribution >= 4 is 17.7 Å². The maximum Gasteiger partial charge on any atom is 0.252 e. The molecular formula is C30H43N3O5. The van der Waals surface area contributed by atoms with Crippen LogP contribution >= 0.6 is 0 Å². The maximum absolute atomic E-state index is 13.7. The Bertz CT molecular complexity index is 992. The smallest absolute Gasteiger partial charge is 0.252 e. The highest BCUT2D eigenvalue weighted by Gasteiger charge is 2.40. The Morgan fingerprint density at radius 2 is 1.50 bits per heavy atom. The van der Waals surface area contributed by atoms with Crippen molar-refractivity contribution in [1.82, 2.24) is 15.7 Å². The molecule has 0 fully saturated rings. The van der Waals surface area contributed by atoms with Gasteiger partial charge in [-0.05, 0) is 35.8 Å². The van der Waals surface area contributed by atoms with E-state index in [-0.39, 0.29) is 18.9 Å². The van der Waals surface area contributed by atoms with Crippen LogP contribution in [-0.2, 0) is 37.0 Å². The standard InChI is InChI=1S/C30H43N3O5/c1-30(2,3)27(28(35)31-4)33(20-14-8-13-17-23-15-9-6-10-16-23)29(36)25(37-5)21-26(34)32-38-22-24-18-11-7-12-19-24/h6-7,9-12,15-16,18-19,25,27H,8,13-14,17,20-22H2,1-5H3,(H,31,35)(H,32,34)/t25-,27?/m1/s1. The number of carbonyl (C=O) groups is 3. The number of ether oxygens (including phenoxy) is 1. The topological polar surface area (TPSA) is 97.0 Å². The van der Waals surface area contributed by atoms with Gasteiger partial charge in [0.2, 0.25) is 11.8 Å². The number of benzene rings is 2. The van der Waals surface area contributed by atoms with E-state index >= 15 is 0 Å². The average Bonchev–Trinajstić information content (AvgIpc) is 2.90. The second kappa shape index (κ2) is 15.9. The largest absolute Gasteiger partial charge is 0.371 e. The first-order chi connectivity index (χ1) is 18.2. The van der Waals surface area contributed by atoms with Gasteiger partial charge < -0.3 is 15.0 Å². The average molecular weight is 526 g/mol. The van der Waals surface area contributed by atoms with Gasteiger partial charge in [-0.15, -0.1) is 0 Å². The number of nitrogens with zero attached hydrogens (tertiary/aromatic N) is 1. The third kappa shape index (κ3) is 10.3. The molecule has 2 rings (SSSR count). The van der Waals surface area contributed by atoms with Crippen LogP contribution in [0.1, 0.15) is 57.6 Å². The minimum absolute atomic E-state index is 0.204. The zero-order chi connectivity index (χ0) is 28.0. The molecule has 2 atom stereocenters. The molecule has 0 saturated heterocycles. The number of carbonyl (C=O) groups excluding carboxylic acids is 3. The van der Waals surface area contributed by atoms with Gasteiger partial charge in [0, 0.05) is 20.7 Å². The van der Waals surface area contributed by atoms with E-state index < -0.39 is 29.4 Å². The van der Waals surface area contributed by atoms with E-state index in [9.17, 15) is 14.4 Å². The van der Waals surface area contributed by atoms with Gasteiger partial charge in [-0.2, -0.15) is 0 Å². The maximum atomic E-state index is 13.7. The van der Waals surface area contributed by atoms with Gasteiger partial charge in [0.25, 0.3) is 5.91 Å². The first-order valence-electron chi connectivity index (χ1n) is 13.2. The molecule has 0 radical (unpaired) electrons. The van der Waals surface area contributed by atoms with Gasteiger partial charge in [0.1, 0.15) is 12.1 Å². The summed E-state index contributed by atoms with van der Waals surface area (Å²) in [5, 5.41) is 2.70. The summed E-state index contributed by atoms with van der Waals surface area (Å²) in [4.78, 5) is 46.1. The van der Waals surface area contributed by atoms with E-state index in [4.69, 9.17) is 9.57 Å². The molecule has 0 saturated carbocycles. The fourth-order valence-corrected chi connectivity index (χ4v) is 4.38. The van der Waals surface area contributed by atoms with Crippen LogP contribution in [-0.4, -0.2) is 55.5 Å². The first-order valence-corrected chi connectivity index (χ1v) is 13.2. The summed E-state index contributed by atoms with van der Waals surface area (Å²) in [5.41, 5.74) is 4.04. The number of likely N-dealkylation sites (N-methyl/N-ethyl adjacent to an activating group) is 1. The van der Waals surface area contributed by atoms with E-state index in [0.29, 0.717) is 6.54 Å². The summed E-state index contributed by atoms with van der Waals surface area (Å²) in [7, 11) is 2.96. The quantitative estimate of drug-likeness (QED) is 0.270. The first kappa shape index (κ1) is 31.0. The summed E-state index contributed by atoms with van der Waals surface area (Å²) >= 11 is 0. The highest BCUT2D eigenvalue weighted by atomic mass is 16.6. The van der Waals surface area contributed by atoms with Crippen LogP contribution in [0, 0.1) is 5.41 Å². The molecule has 0 heterocycles. The van der Waals surface area contributed by atoms with Gasteiger partial charge in [0.05, 0.1) is 13.0 Å². The van der Waals surface area contributed by atoms with Crippen LogP contribution in [0.3, 0.4) is 0 Å². The number of methoxy groups -OCH3 is 1. The molecule has 2 aromatic carbocycles. The number of hydroxylamine groups is 1. The summed E-state index contributed by atoms with van der Waals surface area (Å²) in [6, 6.07) is 19.0. The van der Waals surface area contributed by atoms with E-state index in [1.54, 1.807) is 11.9 Å². The Labute approximate surface area is 227 Å². The molecule has 0 bridgehead atoms. The van der Waals surface area contributed by atoms with Gasteiger partial charge in [-0.1, -0.05) is 87.9 Å². The molecule has 8 nitrogen and oxygen atoms in total. The summed E-state index contributed by atoms with van der Waals surface area (Å²) < 4.78 is 5.45. The van der Waals surface area contributed by atoms with Gasteiger partial charge in [-0.25, -0.2) is 5.48 Å². The molecule has 0 aliphatic carbocycles. The van der Waals surface area contributed by atoms with Crippen molar-refractivity contribution in [2.45, 2.75) is 71.6 Å². The Morgan fingerprint density at radius 1 is 0.895 bits per heavy atom. The predicted octanol–water partition coefficient (Wildman–Crippen LogP) is 4.04. The molecule has 3 amide bonds.